The van der Waals surface area contributed by atoms with Gasteiger partial charge in [-0.25, -0.2) is 4.79 Å². The third kappa shape index (κ3) is 2.61. The molecular weight excluding hydrogens is 198 g/mol. The maximum atomic E-state index is 11.4. The molecule has 0 radical (unpaired) electrons. The first-order chi connectivity index (χ1) is 6.86. The molecule has 86 valence electrons. The van der Waals surface area contributed by atoms with Gasteiger partial charge in [0.2, 0.25) is 0 Å². The van der Waals surface area contributed by atoms with Gasteiger partial charge in [0.15, 0.2) is 0 Å². The predicted molar refractivity (Wildman–Crippen MR) is 53.3 cm³/mol. The fraction of sp³-hybridized carbons (Fsp3) is 0.800. The van der Waals surface area contributed by atoms with E-state index in [1.54, 1.807) is 0 Å². The monoisotopic (exact) mass is 215 g/mol. The maximum absolute atomic E-state index is 11.4. The van der Waals surface area contributed by atoms with Gasteiger partial charge in [0.05, 0.1) is 13.2 Å². The zero-order valence-corrected chi connectivity index (χ0v) is 9.57. The smallest absolute Gasteiger partial charge is 0.410 e. The molecule has 1 aliphatic rings. The van der Waals surface area contributed by atoms with Crippen LogP contribution >= 0.6 is 0 Å². The molecule has 5 nitrogen and oxygen atoms in total. The van der Waals surface area contributed by atoms with Crippen LogP contribution in [0.5, 0.6) is 0 Å². The Morgan fingerprint density at radius 3 is 2.67 bits per heavy atom. The summed E-state index contributed by atoms with van der Waals surface area (Å²) in [5.74, 6) is -0.428. The van der Waals surface area contributed by atoms with Crippen molar-refractivity contribution in [3.8, 4) is 0 Å². The molecule has 1 fully saturated rings. The van der Waals surface area contributed by atoms with E-state index in [-0.39, 0.29) is 18.0 Å². The lowest BCUT2D eigenvalue weighted by Crippen LogP contribution is -2.45. The van der Waals surface area contributed by atoms with E-state index in [4.69, 9.17) is 4.74 Å². The van der Waals surface area contributed by atoms with Gasteiger partial charge in [0.25, 0.3) is 0 Å². The number of hydrogen-bond donors (Lipinski definition) is 0. The number of hydrogen-bond acceptors (Lipinski definition) is 4. The second kappa shape index (κ2) is 4.08. The third-order valence-corrected chi connectivity index (χ3v) is 2.50. The highest BCUT2D eigenvalue weighted by atomic mass is 16.6. The van der Waals surface area contributed by atoms with Gasteiger partial charge in [-0.1, -0.05) is 20.8 Å². The highest BCUT2D eigenvalue weighted by Crippen LogP contribution is 2.29. The van der Waals surface area contributed by atoms with E-state index in [1.807, 2.05) is 20.8 Å². The largest absolute Gasteiger partial charge is 0.468 e. The second-order valence-corrected chi connectivity index (χ2v) is 4.66. The molecule has 1 aliphatic heterocycles. The molecule has 1 heterocycles. The molecule has 1 atom stereocenters. The summed E-state index contributed by atoms with van der Waals surface area (Å²) in [5, 5.41) is 0. The van der Waals surface area contributed by atoms with Crippen molar-refractivity contribution >= 4 is 12.1 Å². The molecule has 0 bridgehead atoms. The minimum absolute atomic E-state index is 0.0444. The number of cyclic esters (lactones) is 1. The molecule has 0 saturated carbocycles. The lowest BCUT2D eigenvalue weighted by Gasteiger charge is -2.31. The Labute approximate surface area is 89.3 Å². The highest BCUT2D eigenvalue weighted by Gasteiger charge is 2.41. The van der Waals surface area contributed by atoms with Crippen LogP contribution in [0.2, 0.25) is 0 Å². The predicted octanol–water partition coefficient (Wildman–Crippen LogP) is 1.03. The molecule has 0 aromatic heterocycles. The minimum Gasteiger partial charge on any atom is -0.468 e. The number of esters is 1. The average Bonchev–Trinajstić information content (AvgIpc) is 2.47. The number of ether oxygens (including phenoxy) is 2. The molecule has 0 aliphatic carbocycles. The van der Waals surface area contributed by atoms with E-state index in [0.717, 1.165) is 0 Å². The minimum atomic E-state index is -0.444. The van der Waals surface area contributed by atoms with Crippen molar-refractivity contribution in [1.82, 2.24) is 4.90 Å². The Hall–Kier alpha value is -1.26. The summed E-state index contributed by atoms with van der Waals surface area (Å²) >= 11 is 0. The number of rotatable bonds is 2. The van der Waals surface area contributed by atoms with Crippen molar-refractivity contribution in [3.63, 3.8) is 0 Å². The van der Waals surface area contributed by atoms with E-state index in [2.05, 4.69) is 4.74 Å². The zero-order valence-electron chi connectivity index (χ0n) is 9.57. The summed E-state index contributed by atoms with van der Waals surface area (Å²) in [7, 11) is 1.30. The standard InChI is InChI=1S/C10H17NO4/c1-10(2,3)7-6-15-9(13)11(7)5-8(12)14-4/h7H,5-6H2,1-4H3/t7-/m1/s1. The number of carbonyl (C=O) groups is 2. The number of methoxy groups -OCH3 is 1. The molecule has 5 heteroatoms. The van der Waals surface area contributed by atoms with Gasteiger partial charge in [-0.3, -0.25) is 9.69 Å². The number of amides is 1. The zero-order chi connectivity index (χ0) is 11.6. The second-order valence-electron chi connectivity index (χ2n) is 4.66. The van der Waals surface area contributed by atoms with Gasteiger partial charge >= 0.3 is 12.1 Å². The topological polar surface area (TPSA) is 55.8 Å². The van der Waals surface area contributed by atoms with Gasteiger partial charge in [0.1, 0.15) is 13.2 Å². The number of nitrogens with zero attached hydrogens (tertiary/aromatic N) is 1. The molecule has 0 aromatic rings. The van der Waals surface area contributed by atoms with Gasteiger partial charge in [0, 0.05) is 0 Å². The Kier molecular flexibility index (Phi) is 3.21. The molecule has 0 N–H and O–H groups in total. The molecule has 0 unspecified atom stereocenters. The van der Waals surface area contributed by atoms with Crippen molar-refractivity contribution in [3.05, 3.63) is 0 Å². The van der Waals surface area contributed by atoms with Crippen LogP contribution in [0.3, 0.4) is 0 Å². The Bertz CT molecular complexity index is 269. The van der Waals surface area contributed by atoms with E-state index >= 15 is 0 Å². The van der Waals surface area contributed by atoms with E-state index in [0.29, 0.717) is 6.61 Å². The average molecular weight is 215 g/mol. The molecule has 0 aromatic carbocycles. The first-order valence-corrected chi connectivity index (χ1v) is 4.86. The van der Waals surface area contributed by atoms with Gasteiger partial charge < -0.3 is 9.47 Å². The van der Waals surface area contributed by atoms with Crippen LogP contribution in [-0.4, -0.2) is 43.3 Å². The Morgan fingerprint density at radius 2 is 2.20 bits per heavy atom. The summed E-state index contributed by atoms with van der Waals surface area (Å²) < 4.78 is 9.46. The quantitative estimate of drug-likeness (QED) is 0.645. The van der Waals surface area contributed by atoms with E-state index < -0.39 is 12.1 Å². The van der Waals surface area contributed by atoms with Crippen LogP contribution in [0.1, 0.15) is 20.8 Å². The van der Waals surface area contributed by atoms with Crippen molar-refractivity contribution in [1.29, 1.82) is 0 Å². The Morgan fingerprint density at radius 1 is 1.60 bits per heavy atom. The van der Waals surface area contributed by atoms with Crippen molar-refractivity contribution in [2.45, 2.75) is 26.8 Å². The molecule has 1 rings (SSSR count). The van der Waals surface area contributed by atoms with Gasteiger partial charge in [-0.2, -0.15) is 0 Å². The van der Waals surface area contributed by atoms with Crippen LogP contribution in [0.15, 0.2) is 0 Å². The fourth-order valence-corrected chi connectivity index (χ4v) is 1.55. The first kappa shape index (κ1) is 11.8. The summed E-state index contributed by atoms with van der Waals surface area (Å²) in [6.45, 7) is 6.30. The van der Waals surface area contributed by atoms with E-state index in [9.17, 15) is 9.59 Å². The lowest BCUT2D eigenvalue weighted by molar-refractivity contribution is -0.141. The summed E-state index contributed by atoms with van der Waals surface area (Å²) in [6, 6.07) is -0.0795. The summed E-state index contributed by atoms with van der Waals surface area (Å²) in [5.41, 5.74) is -0.111. The summed E-state index contributed by atoms with van der Waals surface area (Å²) in [6.07, 6.45) is -0.444. The normalized spacial score (nSPS) is 21.5. The van der Waals surface area contributed by atoms with Crippen molar-refractivity contribution in [2.24, 2.45) is 5.41 Å². The molecule has 1 saturated heterocycles. The van der Waals surface area contributed by atoms with Crippen LogP contribution < -0.4 is 0 Å². The van der Waals surface area contributed by atoms with Crippen molar-refractivity contribution in [2.75, 3.05) is 20.3 Å². The highest BCUT2D eigenvalue weighted by molar-refractivity contribution is 5.79. The molecule has 0 spiro atoms. The van der Waals surface area contributed by atoms with Crippen LogP contribution in [0, 0.1) is 5.41 Å². The van der Waals surface area contributed by atoms with Crippen LogP contribution in [-0.2, 0) is 14.3 Å². The SMILES string of the molecule is COC(=O)CN1C(=O)OC[C@@H]1C(C)(C)C. The first-order valence-electron chi connectivity index (χ1n) is 4.86. The van der Waals surface area contributed by atoms with E-state index in [1.165, 1.54) is 12.0 Å². The van der Waals surface area contributed by atoms with Crippen LogP contribution in [0.25, 0.3) is 0 Å². The number of carbonyl (C=O) groups excluding carboxylic acids is 2. The molecule has 15 heavy (non-hydrogen) atoms. The Balaban J connectivity index is 2.73. The van der Waals surface area contributed by atoms with Gasteiger partial charge in [-0.05, 0) is 5.41 Å². The fourth-order valence-electron chi connectivity index (χ4n) is 1.55. The molecular formula is C10H17NO4. The van der Waals surface area contributed by atoms with Gasteiger partial charge in [-0.15, -0.1) is 0 Å². The van der Waals surface area contributed by atoms with Crippen LogP contribution in [0.4, 0.5) is 4.79 Å². The lowest BCUT2D eigenvalue weighted by atomic mass is 9.87. The molecule has 1 amide bonds. The van der Waals surface area contributed by atoms with Crippen molar-refractivity contribution < 1.29 is 19.1 Å². The maximum Gasteiger partial charge on any atom is 0.410 e. The third-order valence-electron chi connectivity index (χ3n) is 2.50. The summed E-state index contributed by atoms with van der Waals surface area (Å²) in [4.78, 5) is 23.9.